The molecular formula is C26H31N3O5. The van der Waals surface area contributed by atoms with Gasteiger partial charge >= 0.3 is 0 Å². The van der Waals surface area contributed by atoms with Gasteiger partial charge in [0.05, 0.1) is 12.9 Å². The van der Waals surface area contributed by atoms with Crippen LogP contribution in [0.25, 0.3) is 0 Å². The molecule has 8 heteroatoms. The van der Waals surface area contributed by atoms with Crippen molar-refractivity contribution in [1.29, 1.82) is 0 Å². The van der Waals surface area contributed by atoms with E-state index in [1.54, 1.807) is 34.1 Å². The smallest absolute Gasteiger partial charge is 0.289 e. The van der Waals surface area contributed by atoms with Crippen LogP contribution in [0, 0.1) is 0 Å². The second-order valence-corrected chi connectivity index (χ2v) is 9.46. The number of hydrogen-bond acceptors (Lipinski definition) is 5. The number of rotatable bonds is 3. The van der Waals surface area contributed by atoms with Gasteiger partial charge in [0.2, 0.25) is 5.91 Å². The molecule has 0 bridgehead atoms. The van der Waals surface area contributed by atoms with E-state index in [4.69, 9.17) is 9.15 Å². The van der Waals surface area contributed by atoms with Crippen LogP contribution >= 0.6 is 0 Å². The van der Waals surface area contributed by atoms with E-state index in [1.165, 1.54) is 6.26 Å². The number of carbonyl (C=O) groups is 3. The number of ether oxygens (including phenoxy) is 1. The highest BCUT2D eigenvalue weighted by molar-refractivity contribution is 5.98. The van der Waals surface area contributed by atoms with Gasteiger partial charge in [0.1, 0.15) is 11.8 Å². The average Bonchev–Trinajstić information content (AvgIpc) is 3.53. The summed E-state index contributed by atoms with van der Waals surface area (Å²) in [6.07, 6.45) is 5.43. The lowest BCUT2D eigenvalue weighted by Gasteiger charge is -2.45. The first kappa shape index (κ1) is 22.7. The fourth-order valence-electron chi connectivity index (χ4n) is 5.51. The number of likely N-dealkylation sites (tertiary alicyclic amines) is 2. The summed E-state index contributed by atoms with van der Waals surface area (Å²) < 4.78 is 11.6. The van der Waals surface area contributed by atoms with E-state index >= 15 is 0 Å². The van der Waals surface area contributed by atoms with Crippen molar-refractivity contribution in [3.63, 3.8) is 0 Å². The van der Waals surface area contributed by atoms with Crippen LogP contribution in [0.15, 0.2) is 53.1 Å². The van der Waals surface area contributed by atoms with Crippen LogP contribution in [-0.2, 0) is 9.53 Å². The Hall–Kier alpha value is -3.13. The van der Waals surface area contributed by atoms with Crippen molar-refractivity contribution >= 4 is 17.7 Å². The van der Waals surface area contributed by atoms with Gasteiger partial charge in [-0.2, -0.15) is 0 Å². The van der Waals surface area contributed by atoms with Crippen LogP contribution in [0.4, 0.5) is 0 Å². The predicted octanol–water partition coefficient (Wildman–Crippen LogP) is 3.15. The van der Waals surface area contributed by atoms with E-state index in [9.17, 15) is 14.4 Å². The first-order valence-electron chi connectivity index (χ1n) is 12.2. The molecule has 3 saturated heterocycles. The predicted molar refractivity (Wildman–Crippen MR) is 124 cm³/mol. The largest absolute Gasteiger partial charge is 0.459 e. The molecule has 0 N–H and O–H groups in total. The number of benzene rings is 1. The molecule has 8 nitrogen and oxygen atoms in total. The Morgan fingerprint density at radius 3 is 2.38 bits per heavy atom. The van der Waals surface area contributed by atoms with Crippen LogP contribution in [-0.4, -0.2) is 76.5 Å². The number of hydrogen-bond donors (Lipinski definition) is 0. The van der Waals surface area contributed by atoms with E-state index in [-0.39, 0.29) is 30.4 Å². The fraction of sp³-hybridized carbons (Fsp3) is 0.500. The average molecular weight is 466 g/mol. The van der Waals surface area contributed by atoms with Crippen molar-refractivity contribution < 1.29 is 23.5 Å². The molecule has 2 aromatic rings. The Morgan fingerprint density at radius 2 is 1.71 bits per heavy atom. The minimum Gasteiger partial charge on any atom is -0.459 e. The summed E-state index contributed by atoms with van der Waals surface area (Å²) in [6, 6.07) is 11.9. The maximum atomic E-state index is 13.8. The second-order valence-electron chi connectivity index (χ2n) is 9.46. The maximum Gasteiger partial charge on any atom is 0.289 e. The summed E-state index contributed by atoms with van der Waals surface area (Å²) in [5.41, 5.74) is -0.377. The Bertz CT molecular complexity index is 1030. The van der Waals surface area contributed by atoms with Gasteiger partial charge in [0.15, 0.2) is 5.76 Å². The summed E-state index contributed by atoms with van der Waals surface area (Å²) >= 11 is 0. The standard InChI is InChI=1S/C26H31N3O5/c1-19-8-5-6-14-28(19)24(31)21-18-34-26(29(21)23(30)20-9-3-2-4-10-20)12-15-27(16-13-26)25(32)22-11-7-17-33-22/h2-4,7,9-11,17,19,21H,5-6,8,12-16,18H2,1H3/t19-,21+/m1/s1. The zero-order valence-electron chi connectivity index (χ0n) is 19.5. The van der Waals surface area contributed by atoms with Crippen molar-refractivity contribution in [3.05, 3.63) is 60.1 Å². The first-order valence-corrected chi connectivity index (χ1v) is 12.2. The maximum absolute atomic E-state index is 13.8. The Balaban J connectivity index is 1.40. The summed E-state index contributed by atoms with van der Waals surface area (Å²) in [5, 5.41) is 0. The van der Waals surface area contributed by atoms with Crippen LogP contribution in [0.5, 0.6) is 0 Å². The fourth-order valence-corrected chi connectivity index (χ4v) is 5.51. The molecule has 0 unspecified atom stereocenters. The van der Waals surface area contributed by atoms with Crippen molar-refractivity contribution in [2.45, 2.75) is 56.8 Å². The highest BCUT2D eigenvalue weighted by atomic mass is 16.5. The molecule has 2 atom stereocenters. The monoisotopic (exact) mass is 465 g/mol. The summed E-state index contributed by atoms with van der Waals surface area (Å²) in [4.78, 5) is 45.6. The van der Waals surface area contributed by atoms with Gasteiger partial charge in [-0.05, 0) is 50.5 Å². The number of furan rings is 1. The normalized spacial score (nSPS) is 24.4. The van der Waals surface area contributed by atoms with Gasteiger partial charge in [-0.1, -0.05) is 18.2 Å². The molecule has 0 aliphatic carbocycles. The van der Waals surface area contributed by atoms with Gasteiger partial charge in [-0.25, -0.2) is 0 Å². The third-order valence-corrected chi connectivity index (χ3v) is 7.44. The van der Waals surface area contributed by atoms with Crippen LogP contribution in [0.2, 0.25) is 0 Å². The van der Waals surface area contributed by atoms with E-state index < -0.39 is 11.8 Å². The molecule has 3 amide bonds. The molecule has 180 valence electrons. The topological polar surface area (TPSA) is 83.3 Å². The second kappa shape index (κ2) is 9.25. The Labute approximate surface area is 199 Å². The van der Waals surface area contributed by atoms with E-state index in [0.29, 0.717) is 43.8 Å². The lowest BCUT2D eigenvalue weighted by molar-refractivity contribution is -0.140. The van der Waals surface area contributed by atoms with Gasteiger partial charge < -0.3 is 19.0 Å². The molecule has 0 saturated carbocycles. The van der Waals surface area contributed by atoms with Crippen LogP contribution < -0.4 is 0 Å². The molecule has 0 radical (unpaired) electrons. The molecule has 3 aliphatic rings. The summed E-state index contributed by atoms with van der Waals surface area (Å²) in [6.45, 7) is 3.79. The molecule has 3 aliphatic heterocycles. The number of amides is 3. The molecule has 1 spiro atoms. The molecule has 4 heterocycles. The SMILES string of the molecule is C[C@@H]1CCCCN1C(=O)[C@@H]1COC2(CCN(C(=O)c3ccco3)CC2)N1C(=O)c1ccccc1. The van der Waals surface area contributed by atoms with Gasteiger partial charge in [0, 0.05) is 44.1 Å². The summed E-state index contributed by atoms with van der Waals surface area (Å²) in [7, 11) is 0. The number of carbonyl (C=O) groups excluding carboxylic acids is 3. The molecule has 34 heavy (non-hydrogen) atoms. The van der Waals surface area contributed by atoms with Gasteiger partial charge in [-0.3, -0.25) is 19.3 Å². The lowest BCUT2D eigenvalue weighted by atomic mass is 9.95. The molecule has 1 aromatic carbocycles. The highest BCUT2D eigenvalue weighted by Gasteiger charge is 2.55. The minimum atomic E-state index is -0.910. The van der Waals surface area contributed by atoms with Gasteiger partial charge in [0.25, 0.3) is 11.8 Å². The van der Waals surface area contributed by atoms with Crippen molar-refractivity contribution in [1.82, 2.24) is 14.7 Å². The molecule has 5 rings (SSSR count). The van der Waals surface area contributed by atoms with Crippen LogP contribution in [0.3, 0.4) is 0 Å². The molecule has 3 fully saturated rings. The van der Waals surface area contributed by atoms with Crippen molar-refractivity contribution in [2.24, 2.45) is 0 Å². The molecular weight excluding hydrogens is 434 g/mol. The third kappa shape index (κ3) is 4.00. The summed E-state index contributed by atoms with van der Waals surface area (Å²) in [5.74, 6) is -0.115. The number of piperidine rings is 2. The molecule has 1 aromatic heterocycles. The van der Waals surface area contributed by atoms with Crippen molar-refractivity contribution in [3.8, 4) is 0 Å². The highest BCUT2D eigenvalue weighted by Crippen LogP contribution is 2.39. The Kier molecular flexibility index (Phi) is 6.16. The Morgan fingerprint density at radius 1 is 0.941 bits per heavy atom. The zero-order chi connectivity index (χ0) is 23.7. The van der Waals surface area contributed by atoms with Crippen LogP contribution in [0.1, 0.15) is 59.9 Å². The quantitative estimate of drug-likeness (QED) is 0.695. The minimum absolute atomic E-state index is 0.0394. The number of nitrogens with zero attached hydrogens (tertiary/aromatic N) is 3. The third-order valence-electron chi connectivity index (χ3n) is 7.44. The lowest BCUT2D eigenvalue weighted by Crippen LogP contribution is -2.61. The van der Waals surface area contributed by atoms with E-state index in [2.05, 4.69) is 6.92 Å². The van der Waals surface area contributed by atoms with Gasteiger partial charge in [-0.15, -0.1) is 0 Å². The van der Waals surface area contributed by atoms with E-state index in [0.717, 1.165) is 19.3 Å². The van der Waals surface area contributed by atoms with Crippen molar-refractivity contribution in [2.75, 3.05) is 26.2 Å². The van der Waals surface area contributed by atoms with E-state index in [1.807, 2.05) is 23.1 Å². The first-order chi connectivity index (χ1) is 16.5. The zero-order valence-corrected chi connectivity index (χ0v) is 19.5.